The average Bonchev–Trinajstić information content (AvgIpc) is 2.91. The predicted octanol–water partition coefficient (Wildman–Crippen LogP) is 2.74. The third kappa shape index (κ3) is 4.03. The van der Waals surface area contributed by atoms with Crippen LogP contribution in [0.1, 0.15) is 31.2 Å². The summed E-state index contributed by atoms with van der Waals surface area (Å²) in [7, 11) is 1.40. The Bertz CT molecular complexity index is 430. The number of nitrogens with zero attached hydrogens (tertiary/aromatic N) is 1. The van der Waals surface area contributed by atoms with Crippen LogP contribution in [0.2, 0.25) is 0 Å². The lowest BCUT2D eigenvalue weighted by Crippen LogP contribution is -2.37. The zero-order valence-corrected chi connectivity index (χ0v) is 11.3. The molecule has 3 nitrogen and oxygen atoms in total. The van der Waals surface area contributed by atoms with Crippen molar-refractivity contribution in [2.75, 3.05) is 13.7 Å². The molecule has 1 aliphatic carbocycles. The van der Waals surface area contributed by atoms with Gasteiger partial charge in [0.25, 0.3) is 0 Å². The molecule has 1 fully saturated rings. The molecule has 0 aromatic heterocycles. The van der Waals surface area contributed by atoms with Gasteiger partial charge < -0.3 is 4.74 Å². The lowest BCUT2D eigenvalue weighted by atomic mass is 10.1. The van der Waals surface area contributed by atoms with Gasteiger partial charge in [-0.1, -0.05) is 25.0 Å². The zero-order chi connectivity index (χ0) is 13.7. The van der Waals surface area contributed by atoms with Crippen LogP contribution in [-0.2, 0) is 16.1 Å². The van der Waals surface area contributed by atoms with Crippen molar-refractivity contribution in [1.82, 2.24) is 4.90 Å². The zero-order valence-electron chi connectivity index (χ0n) is 11.3. The normalized spacial score (nSPS) is 15.9. The molecule has 0 amide bonds. The van der Waals surface area contributed by atoms with Crippen LogP contribution in [0.4, 0.5) is 4.39 Å². The van der Waals surface area contributed by atoms with E-state index >= 15 is 0 Å². The summed E-state index contributed by atoms with van der Waals surface area (Å²) < 4.78 is 18.0. The van der Waals surface area contributed by atoms with Crippen molar-refractivity contribution in [2.45, 2.75) is 38.3 Å². The molecule has 0 spiro atoms. The molecule has 0 atom stereocenters. The second-order valence-corrected chi connectivity index (χ2v) is 5.05. The van der Waals surface area contributed by atoms with Gasteiger partial charge in [-0.05, 0) is 30.5 Å². The first-order valence-corrected chi connectivity index (χ1v) is 6.74. The van der Waals surface area contributed by atoms with E-state index in [0.717, 1.165) is 18.4 Å². The van der Waals surface area contributed by atoms with Crippen molar-refractivity contribution in [1.29, 1.82) is 0 Å². The fourth-order valence-electron chi connectivity index (χ4n) is 2.68. The summed E-state index contributed by atoms with van der Waals surface area (Å²) in [6.45, 7) is 0.870. The number of rotatable bonds is 5. The van der Waals surface area contributed by atoms with Crippen LogP contribution in [0.25, 0.3) is 0 Å². The molecular formula is C15H20FNO2. The summed E-state index contributed by atoms with van der Waals surface area (Å²) in [6, 6.07) is 6.96. The van der Waals surface area contributed by atoms with Gasteiger partial charge in [-0.3, -0.25) is 9.69 Å². The first kappa shape index (κ1) is 14.0. The Hall–Kier alpha value is -1.42. The van der Waals surface area contributed by atoms with Crippen LogP contribution < -0.4 is 0 Å². The van der Waals surface area contributed by atoms with Gasteiger partial charge in [0, 0.05) is 12.6 Å². The van der Waals surface area contributed by atoms with Crippen molar-refractivity contribution in [3.8, 4) is 0 Å². The maximum absolute atomic E-state index is 13.2. The van der Waals surface area contributed by atoms with E-state index < -0.39 is 0 Å². The predicted molar refractivity (Wildman–Crippen MR) is 71.1 cm³/mol. The van der Waals surface area contributed by atoms with Crippen LogP contribution in [0.5, 0.6) is 0 Å². The number of carbonyl (C=O) groups excluding carboxylic acids is 1. The van der Waals surface area contributed by atoms with E-state index in [9.17, 15) is 9.18 Å². The van der Waals surface area contributed by atoms with Crippen molar-refractivity contribution >= 4 is 5.97 Å². The van der Waals surface area contributed by atoms with Crippen LogP contribution >= 0.6 is 0 Å². The largest absolute Gasteiger partial charge is 0.468 e. The second kappa shape index (κ2) is 6.66. The Morgan fingerprint density at radius 2 is 2.16 bits per heavy atom. The fourth-order valence-corrected chi connectivity index (χ4v) is 2.68. The summed E-state index contributed by atoms with van der Waals surface area (Å²) in [5.74, 6) is -0.467. The summed E-state index contributed by atoms with van der Waals surface area (Å²) in [6.07, 6.45) is 4.61. The van der Waals surface area contributed by atoms with Crippen LogP contribution in [0.15, 0.2) is 24.3 Å². The van der Waals surface area contributed by atoms with Crippen molar-refractivity contribution < 1.29 is 13.9 Å². The molecule has 1 aliphatic rings. The molecule has 0 saturated heterocycles. The van der Waals surface area contributed by atoms with E-state index in [1.165, 1.54) is 32.1 Å². The minimum atomic E-state index is -0.234. The highest BCUT2D eigenvalue weighted by molar-refractivity contribution is 5.71. The summed E-state index contributed by atoms with van der Waals surface area (Å²) in [4.78, 5) is 13.6. The van der Waals surface area contributed by atoms with Crippen molar-refractivity contribution in [3.63, 3.8) is 0 Å². The molecular weight excluding hydrogens is 245 g/mol. The number of hydrogen-bond acceptors (Lipinski definition) is 3. The van der Waals surface area contributed by atoms with Gasteiger partial charge in [-0.25, -0.2) is 4.39 Å². The van der Waals surface area contributed by atoms with Gasteiger partial charge in [0.15, 0.2) is 0 Å². The van der Waals surface area contributed by atoms with E-state index in [1.54, 1.807) is 6.07 Å². The van der Waals surface area contributed by atoms with E-state index in [2.05, 4.69) is 4.90 Å². The Kier molecular flexibility index (Phi) is 4.91. The van der Waals surface area contributed by atoms with Crippen LogP contribution in [-0.4, -0.2) is 30.6 Å². The Labute approximate surface area is 113 Å². The molecule has 1 saturated carbocycles. The van der Waals surface area contributed by atoms with E-state index in [-0.39, 0.29) is 18.3 Å². The minimum absolute atomic E-state index is 0.233. The molecule has 0 aliphatic heterocycles. The lowest BCUT2D eigenvalue weighted by molar-refractivity contribution is -0.142. The van der Waals surface area contributed by atoms with Gasteiger partial charge in [-0.2, -0.15) is 0 Å². The van der Waals surface area contributed by atoms with E-state index in [4.69, 9.17) is 4.74 Å². The molecule has 2 rings (SSSR count). The van der Waals surface area contributed by atoms with Gasteiger partial charge in [0.1, 0.15) is 5.82 Å². The first-order valence-electron chi connectivity index (χ1n) is 6.74. The topological polar surface area (TPSA) is 29.5 Å². The quantitative estimate of drug-likeness (QED) is 0.767. The standard InChI is InChI=1S/C15H20FNO2/c1-19-15(18)11-17(14-7-2-3-8-14)10-12-5-4-6-13(16)9-12/h4-6,9,14H,2-3,7-8,10-11H2,1H3. The number of halogens is 1. The highest BCUT2D eigenvalue weighted by Gasteiger charge is 2.24. The van der Waals surface area contributed by atoms with Gasteiger partial charge in [0.05, 0.1) is 13.7 Å². The summed E-state index contributed by atoms with van der Waals surface area (Å²) in [5.41, 5.74) is 0.899. The Morgan fingerprint density at radius 1 is 1.42 bits per heavy atom. The number of esters is 1. The third-order valence-corrected chi connectivity index (χ3v) is 3.68. The van der Waals surface area contributed by atoms with Gasteiger partial charge in [0.2, 0.25) is 0 Å². The maximum atomic E-state index is 13.2. The monoisotopic (exact) mass is 265 g/mol. The number of carbonyl (C=O) groups is 1. The molecule has 0 bridgehead atoms. The molecule has 19 heavy (non-hydrogen) atoms. The maximum Gasteiger partial charge on any atom is 0.319 e. The number of methoxy groups -OCH3 is 1. The summed E-state index contributed by atoms with van der Waals surface area (Å²) >= 11 is 0. The highest BCUT2D eigenvalue weighted by atomic mass is 19.1. The van der Waals surface area contributed by atoms with Crippen LogP contribution in [0.3, 0.4) is 0 Å². The molecule has 104 valence electrons. The number of hydrogen-bond donors (Lipinski definition) is 0. The Morgan fingerprint density at radius 3 is 2.79 bits per heavy atom. The third-order valence-electron chi connectivity index (χ3n) is 3.68. The van der Waals surface area contributed by atoms with Crippen LogP contribution in [0, 0.1) is 5.82 Å². The smallest absolute Gasteiger partial charge is 0.319 e. The lowest BCUT2D eigenvalue weighted by Gasteiger charge is -2.27. The average molecular weight is 265 g/mol. The summed E-state index contributed by atoms with van der Waals surface area (Å²) in [5, 5.41) is 0. The second-order valence-electron chi connectivity index (χ2n) is 5.05. The van der Waals surface area contributed by atoms with Gasteiger partial charge >= 0.3 is 5.97 Å². The molecule has 1 aromatic rings. The number of benzene rings is 1. The fraction of sp³-hybridized carbons (Fsp3) is 0.533. The van der Waals surface area contributed by atoms with Crippen molar-refractivity contribution in [3.05, 3.63) is 35.6 Å². The SMILES string of the molecule is COC(=O)CN(Cc1cccc(F)c1)C1CCCC1. The molecule has 0 N–H and O–H groups in total. The van der Waals surface area contributed by atoms with Gasteiger partial charge in [-0.15, -0.1) is 0 Å². The van der Waals surface area contributed by atoms with E-state index in [1.807, 2.05) is 6.07 Å². The Balaban J connectivity index is 2.05. The molecule has 0 radical (unpaired) electrons. The highest BCUT2D eigenvalue weighted by Crippen LogP contribution is 2.25. The molecule has 0 heterocycles. The molecule has 0 unspecified atom stereocenters. The molecule has 1 aromatic carbocycles. The number of ether oxygens (including phenoxy) is 1. The molecule has 4 heteroatoms. The van der Waals surface area contributed by atoms with Crippen molar-refractivity contribution in [2.24, 2.45) is 0 Å². The van der Waals surface area contributed by atoms with E-state index in [0.29, 0.717) is 12.6 Å². The minimum Gasteiger partial charge on any atom is -0.468 e. The first-order chi connectivity index (χ1) is 9.19.